The standard InChI is InChI=1S/C19H25F2N.C7H4F3NO2.C4H10/c1-4-15(13-22-3)18-7-5-6-17(12-18)14(2)16-8-10-19(20,21)11-9-16;8-7(9,10)4-1-2-11-5(3-12)6(4)13;1-4(2)3/h4-7,12-14,16H,8-11H2,1-3H3;1-3,13H;4H,1-3H3/b15-4+,22-13?;;. The van der Waals surface area contributed by atoms with E-state index >= 15 is 0 Å². The number of aromatic nitrogens is 1. The molecule has 1 aromatic carbocycles. The highest BCUT2D eigenvalue weighted by Crippen LogP contribution is 2.42. The van der Waals surface area contributed by atoms with Crippen molar-refractivity contribution >= 4 is 18.1 Å². The third kappa shape index (κ3) is 11.3. The quantitative estimate of drug-likeness (QED) is 0.228. The van der Waals surface area contributed by atoms with Crippen LogP contribution >= 0.6 is 0 Å². The molecule has 1 aliphatic rings. The molecule has 1 aromatic heterocycles. The second-order valence-electron chi connectivity index (χ2n) is 10.2. The molecular formula is C30H39F5N2O2. The second-order valence-corrected chi connectivity index (χ2v) is 10.2. The van der Waals surface area contributed by atoms with E-state index in [0.717, 1.165) is 23.3 Å². The fraction of sp³-hybridized carbons (Fsp3) is 0.500. The minimum atomic E-state index is -4.68. The number of aldehydes is 1. The summed E-state index contributed by atoms with van der Waals surface area (Å²) < 4.78 is 62.8. The third-order valence-electron chi connectivity index (χ3n) is 6.16. The van der Waals surface area contributed by atoms with Crippen LogP contribution < -0.4 is 0 Å². The molecule has 1 unspecified atom stereocenters. The van der Waals surface area contributed by atoms with Crippen LogP contribution in [0.1, 0.15) is 93.4 Å². The largest absolute Gasteiger partial charge is 0.505 e. The van der Waals surface area contributed by atoms with Gasteiger partial charge in [0.25, 0.3) is 0 Å². The molecule has 1 saturated carbocycles. The Morgan fingerprint density at radius 2 is 1.72 bits per heavy atom. The fourth-order valence-electron chi connectivity index (χ4n) is 4.08. The van der Waals surface area contributed by atoms with Crippen LogP contribution in [0.25, 0.3) is 5.57 Å². The highest BCUT2D eigenvalue weighted by Gasteiger charge is 2.37. The zero-order valence-corrected chi connectivity index (χ0v) is 23.4. The normalized spacial score (nSPS) is 16.7. The van der Waals surface area contributed by atoms with Gasteiger partial charge in [0, 0.05) is 32.3 Å². The molecule has 2 aromatic rings. The average molecular weight is 555 g/mol. The van der Waals surface area contributed by atoms with Crippen LogP contribution in [-0.4, -0.2) is 35.6 Å². The summed E-state index contributed by atoms with van der Waals surface area (Å²) in [5.41, 5.74) is 1.58. The van der Waals surface area contributed by atoms with E-state index in [1.54, 1.807) is 7.05 Å². The van der Waals surface area contributed by atoms with Crippen LogP contribution in [0.5, 0.6) is 5.75 Å². The Hall–Kier alpha value is -3.10. The molecule has 0 spiro atoms. The molecule has 1 fully saturated rings. The second kappa shape index (κ2) is 15.5. The number of pyridine rings is 1. The van der Waals surface area contributed by atoms with Crippen molar-refractivity contribution in [2.75, 3.05) is 7.05 Å². The number of hydrogen-bond acceptors (Lipinski definition) is 4. The van der Waals surface area contributed by atoms with Crippen molar-refractivity contribution in [3.8, 4) is 5.75 Å². The van der Waals surface area contributed by atoms with E-state index in [0.29, 0.717) is 30.7 Å². The van der Waals surface area contributed by atoms with E-state index in [-0.39, 0.29) is 19.1 Å². The lowest BCUT2D eigenvalue weighted by atomic mass is 9.76. The third-order valence-corrected chi connectivity index (χ3v) is 6.16. The van der Waals surface area contributed by atoms with Gasteiger partial charge in [-0.2, -0.15) is 13.2 Å². The Labute approximate surface area is 228 Å². The van der Waals surface area contributed by atoms with Crippen molar-refractivity contribution in [2.24, 2.45) is 16.8 Å². The molecule has 0 amide bonds. The van der Waals surface area contributed by atoms with E-state index in [2.05, 4.69) is 55.9 Å². The molecule has 216 valence electrons. The summed E-state index contributed by atoms with van der Waals surface area (Å²) >= 11 is 0. The first-order valence-corrected chi connectivity index (χ1v) is 12.9. The van der Waals surface area contributed by atoms with Gasteiger partial charge in [-0.25, -0.2) is 13.8 Å². The lowest BCUT2D eigenvalue weighted by Crippen LogP contribution is -2.27. The molecule has 9 heteroatoms. The van der Waals surface area contributed by atoms with Gasteiger partial charge in [0.1, 0.15) is 11.3 Å². The lowest BCUT2D eigenvalue weighted by molar-refractivity contribution is -0.138. The molecular weight excluding hydrogens is 515 g/mol. The van der Waals surface area contributed by atoms with Gasteiger partial charge in [-0.05, 0) is 60.3 Å². The molecule has 0 saturated heterocycles. The number of aromatic hydroxyl groups is 1. The summed E-state index contributed by atoms with van der Waals surface area (Å²) in [5.74, 6) is -2.09. The summed E-state index contributed by atoms with van der Waals surface area (Å²) in [6, 6.07) is 9.00. The number of carbonyl (C=O) groups excluding carboxylic acids is 1. The zero-order chi connectivity index (χ0) is 29.8. The van der Waals surface area contributed by atoms with E-state index in [4.69, 9.17) is 5.11 Å². The van der Waals surface area contributed by atoms with Crippen LogP contribution in [-0.2, 0) is 6.18 Å². The van der Waals surface area contributed by atoms with Crippen LogP contribution in [0.4, 0.5) is 22.0 Å². The summed E-state index contributed by atoms with van der Waals surface area (Å²) in [6.07, 6.45) is 1.38. The van der Waals surface area contributed by atoms with Gasteiger partial charge in [-0.3, -0.25) is 9.79 Å². The Kier molecular flexibility index (Phi) is 13.5. The highest BCUT2D eigenvalue weighted by atomic mass is 19.4. The predicted molar refractivity (Wildman–Crippen MR) is 147 cm³/mol. The molecule has 3 rings (SSSR count). The molecule has 0 radical (unpaired) electrons. The molecule has 0 aliphatic heterocycles. The highest BCUT2D eigenvalue weighted by molar-refractivity contribution is 6.09. The molecule has 1 aliphatic carbocycles. The Bertz CT molecular complexity index is 1100. The van der Waals surface area contributed by atoms with Crippen molar-refractivity contribution in [1.29, 1.82) is 0 Å². The lowest BCUT2D eigenvalue weighted by Gasteiger charge is -2.32. The molecule has 1 atom stereocenters. The van der Waals surface area contributed by atoms with Gasteiger partial charge in [0.2, 0.25) is 5.92 Å². The molecule has 4 nitrogen and oxygen atoms in total. The summed E-state index contributed by atoms with van der Waals surface area (Å²) in [4.78, 5) is 17.5. The first kappa shape index (κ1) is 33.9. The Morgan fingerprint density at radius 1 is 1.13 bits per heavy atom. The maximum absolute atomic E-state index is 13.3. The Balaban J connectivity index is 0.000000378. The van der Waals surface area contributed by atoms with Crippen molar-refractivity contribution in [3.05, 3.63) is 65.0 Å². The number of hydrogen-bond donors (Lipinski definition) is 1. The Morgan fingerprint density at radius 3 is 2.21 bits per heavy atom. The number of halogens is 5. The summed E-state index contributed by atoms with van der Waals surface area (Å²) in [7, 11) is 1.76. The minimum Gasteiger partial charge on any atom is -0.505 e. The predicted octanol–water partition coefficient (Wildman–Crippen LogP) is 9.00. The van der Waals surface area contributed by atoms with Crippen molar-refractivity contribution in [1.82, 2.24) is 4.98 Å². The maximum atomic E-state index is 13.3. The molecule has 1 N–H and O–H groups in total. The number of nitrogens with zero attached hydrogens (tertiary/aromatic N) is 2. The van der Waals surface area contributed by atoms with Gasteiger partial charge < -0.3 is 5.11 Å². The SMILES string of the molecule is C/C=C(\C=NC)c1cccc(C(C)C2CCC(F)(F)CC2)c1.CC(C)C.O=Cc1nccc(C(F)(F)F)c1O. The first-order chi connectivity index (χ1) is 18.2. The molecule has 39 heavy (non-hydrogen) atoms. The summed E-state index contributed by atoms with van der Waals surface area (Å²) in [5, 5.41) is 8.91. The average Bonchev–Trinajstić information content (AvgIpc) is 2.86. The van der Waals surface area contributed by atoms with Crippen LogP contribution in [0.2, 0.25) is 0 Å². The minimum absolute atomic E-state index is 0.0320. The number of rotatable bonds is 5. The van der Waals surface area contributed by atoms with E-state index < -0.39 is 29.1 Å². The molecule has 0 bridgehead atoms. The number of benzene rings is 1. The number of carbonyl (C=O) groups is 1. The first-order valence-electron chi connectivity index (χ1n) is 12.9. The van der Waals surface area contributed by atoms with E-state index in [1.165, 1.54) is 5.56 Å². The monoisotopic (exact) mass is 554 g/mol. The van der Waals surface area contributed by atoms with Gasteiger partial charge in [-0.15, -0.1) is 0 Å². The van der Waals surface area contributed by atoms with Crippen LogP contribution in [0.15, 0.2) is 47.6 Å². The number of allylic oxidation sites excluding steroid dienone is 2. The smallest absolute Gasteiger partial charge is 0.420 e. The number of aliphatic imine (C=N–C) groups is 1. The topological polar surface area (TPSA) is 62.5 Å². The van der Waals surface area contributed by atoms with Gasteiger partial charge in [0.05, 0.1) is 0 Å². The summed E-state index contributed by atoms with van der Waals surface area (Å²) in [6.45, 7) is 10.7. The molecule has 1 heterocycles. The van der Waals surface area contributed by atoms with Crippen LogP contribution in [0.3, 0.4) is 0 Å². The van der Waals surface area contributed by atoms with Gasteiger partial charge >= 0.3 is 6.18 Å². The van der Waals surface area contributed by atoms with Crippen molar-refractivity contribution < 1.29 is 31.9 Å². The fourth-order valence-corrected chi connectivity index (χ4v) is 4.08. The van der Waals surface area contributed by atoms with Crippen molar-refractivity contribution in [2.45, 2.75) is 78.3 Å². The zero-order valence-electron chi connectivity index (χ0n) is 23.4. The number of alkyl halides is 5. The maximum Gasteiger partial charge on any atom is 0.420 e. The van der Waals surface area contributed by atoms with E-state index in [9.17, 15) is 26.7 Å². The van der Waals surface area contributed by atoms with Crippen LogP contribution in [0, 0.1) is 11.8 Å². The van der Waals surface area contributed by atoms with Gasteiger partial charge in [-0.1, -0.05) is 58.0 Å². The van der Waals surface area contributed by atoms with Crippen molar-refractivity contribution in [3.63, 3.8) is 0 Å². The van der Waals surface area contributed by atoms with Gasteiger partial charge in [0.15, 0.2) is 12.0 Å². The van der Waals surface area contributed by atoms with E-state index in [1.807, 2.05) is 25.3 Å².